The predicted octanol–water partition coefficient (Wildman–Crippen LogP) is 1.38. The first-order chi connectivity index (χ1) is 10.2. The normalized spacial score (nSPS) is 20.4. The molecule has 2 unspecified atom stereocenters. The molecule has 2 heterocycles. The third-order valence-electron chi connectivity index (χ3n) is 3.57. The Bertz CT molecular complexity index is 651. The fraction of sp³-hybridized carbons (Fsp3) is 0.429. The van der Waals surface area contributed by atoms with E-state index in [0.717, 1.165) is 23.1 Å². The summed E-state index contributed by atoms with van der Waals surface area (Å²) in [6.07, 6.45) is -0.449. The van der Waals surface area contributed by atoms with Crippen molar-refractivity contribution in [3.8, 4) is 0 Å². The highest BCUT2D eigenvalue weighted by molar-refractivity contribution is 6.35. The molecule has 21 heavy (non-hydrogen) atoms. The molecule has 0 bridgehead atoms. The molecule has 1 aromatic heterocycles. The number of benzene rings is 1. The molecule has 1 aliphatic heterocycles. The van der Waals surface area contributed by atoms with Crippen LogP contribution in [-0.4, -0.2) is 41.9 Å². The number of nitrogens with one attached hydrogen (secondary N) is 3. The Morgan fingerprint density at radius 1 is 1.57 bits per heavy atom. The lowest BCUT2D eigenvalue weighted by Crippen LogP contribution is -2.48. The average molecular weight is 309 g/mol. The van der Waals surface area contributed by atoms with E-state index >= 15 is 0 Å². The van der Waals surface area contributed by atoms with E-state index in [2.05, 4.69) is 20.8 Å². The summed E-state index contributed by atoms with van der Waals surface area (Å²) in [5.74, 6) is -0.132. The molecule has 2 atom stereocenters. The molecule has 0 aliphatic carbocycles. The van der Waals surface area contributed by atoms with Crippen molar-refractivity contribution in [2.24, 2.45) is 0 Å². The molecule has 2 aromatic rings. The predicted molar refractivity (Wildman–Crippen MR) is 80.3 cm³/mol. The van der Waals surface area contributed by atoms with Crippen LogP contribution in [-0.2, 0) is 9.53 Å². The third kappa shape index (κ3) is 2.88. The smallest absolute Gasteiger partial charge is 0.250 e. The van der Waals surface area contributed by atoms with E-state index < -0.39 is 6.10 Å². The van der Waals surface area contributed by atoms with Crippen LogP contribution in [0.4, 0.5) is 0 Å². The lowest BCUT2D eigenvalue weighted by Gasteiger charge is -2.24. The minimum absolute atomic E-state index is 0.132. The summed E-state index contributed by atoms with van der Waals surface area (Å²) in [6, 6.07) is 5.37. The molecule has 7 heteroatoms. The highest BCUT2D eigenvalue weighted by Crippen LogP contribution is 2.26. The zero-order chi connectivity index (χ0) is 14.8. The van der Waals surface area contributed by atoms with E-state index in [1.165, 1.54) is 0 Å². The molecule has 0 saturated carbocycles. The van der Waals surface area contributed by atoms with Gasteiger partial charge in [0, 0.05) is 18.5 Å². The monoisotopic (exact) mass is 308 g/mol. The van der Waals surface area contributed by atoms with Crippen molar-refractivity contribution in [3.63, 3.8) is 0 Å². The zero-order valence-corrected chi connectivity index (χ0v) is 12.4. The van der Waals surface area contributed by atoms with Crippen molar-refractivity contribution in [1.82, 2.24) is 20.8 Å². The molecule has 1 saturated heterocycles. The number of rotatable bonds is 3. The van der Waals surface area contributed by atoms with Crippen molar-refractivity contribution < 1.29 is 9.53 Å². The van der Waals surface area contributed by atoms with E-state index in [0.29, 0.717) is 18.2 Å². The fourth-order valence-corrected chi connectivity index (χ4v) is 2.68. The summed E-state index contributed by atoms with van der Waals surface area (Å²) in [7, 11) is 0. The van der Waals surface area contributed by atoms with Crippen LogP contribution in [0.1, 0.15) is 18.7 Å². The number of carbonyl (C=O) groups is 1. The second kappa shape index (κ2) is 6.01. The van der Waals surface area contributed by atoms with Crippen LogP contribution in [0, 0.1) is 0 Å². The van der Waals surface area contributed by atoms with Gasteiger partial charge in [0.05, 0.1) is 28.9 Å². The molecule has 6 nitrogen and oxygen atoms in total. The van der Waals surface area contributed by atoms with Gasteiger partial charge in [0.2, 0.25) is 0 Å². The number of amides is 1. The first kappa shape index (κ1) is 14.3. The van der Waals surface area contributed by atoms with Crippen molar-refractivity contribution in [2.75, 3.05) is 19.7 Å². The summed E-state index contributed by atoms with van der Waals surface area (Å²) in [5, 5.41) is 14.8. The van der Waals surface area contributed by atoms with Gasteiger partial charge in [-0.2, -0.15) is 5.10 Å². The number of carbonyl (C=O) groups excluding carboxylic acids is 1. The van der Waals surface area contributed by atoms with Gasteiger partial charge in [-0.25, -0.2) is 0 Å². The maximum Gasteiger partial charge on any atom is 0.250 e. The number of fused-ring (bicyclic) bond motifs is 1. The summed E-state index contributed by atoms with van der Waals surface area (Å²) in [4.78, 5) is 12.2. The van der Waals surface area contributed by atoms with Crippen LogP contribution in [0.5, 0.6) is 0 Å². The van der Waals surface area contributed by atoms with Crippen molar-refractivity contribution in [3.05, 3.63) is 28.9 Å². The maximum atomic E-state index is 12.2. The van der Waals surface area contributed by atoms with Gasteiger partial charge in [-0.1, -0.05) is 23.7 Å². The Labute approximate surface area is 127 Å². The fourth-order valence-electron chi connectivity index (χ4n) is 2.47. The standard InChI is InChI=1S/C14H17ClN4O2/c1-8(17-14(20)11-7-16-5-6-21-11)12-9-3-2-4-10(15)13(9)19-18-12/h2-4,8,11,16H,5-7H2,1H3,(H,17,20)(H,18,19). The minimum atomic E-state index is -0.449. The Balaban J connectivity index is 1.76. The molecule has 1 fully saturated rings. The first-order valence-electron chi connectivity index (χ1n) is 6.92. The highest BCUT2D eigenvalue weighted by atomic mass is 35.5. The number of halogens is 1. The van der Waals surface area contributed by atoms with E-state index in [1.807, 2.05) is 19.1 Å². The number of ether oxygens (including phenoxy) is 1. The second-order valence-corrected chi connectivity index (χ2v) is 5.47. The quantitative estimate of drug-likeness (QED) is 0.800. The lowest BCUT2D eigenvalue weighted by atomic mass is 10.1. The summed E-state index contributed by atoms with van der Waals surface area (Å²) < 4.78 is 5.44. The van der Waals surface area contributed by atoms with Crippen LogP contribution >= 0.6 is 11.6 Å². The number of aromatic amines is 1. The maximum absolute atomic E-state index is 12.2. The minimum Gasteiger partial charge on any atom is -0.366 e. The van der Waals surface area contributed by atoms with Crippen LogP contribution in [0.25, 0.3) is 10.9 Å². The van der Waals surface area contributed by atoms with Crippen molar-refractivity contribution in [2.45, 2.75) is 19.1 Å². The number of hydrogen-bond acceptors (Lipinski definition) is 4. The summed E-state index contributed by atoms with van der Waals surface area (Å²) >= 11 is 6.12. The second-order valence-electron chi connectivity index (χ2n) is 5.07. The first-order valence-corrected chi connectivity index (χ1v) is 7.30. The van der Waals surface area contributed by atoms with Gasteiger partial charge in [0.1, 0.15) is 6.10 Å². The molecule has 0 radical (unpaired) electrons. The Hall–Kier alpha value is -1.63. The van der Waals surface area contributed by atoms with E-state index in [4.69, 9.17) is 16.3 Å². The van der Waals surface area contributed by atoms with E-state index in [1.54, 1.807) is 6.07 Å². The van der Waals surface area contributed by atoms with E-state index in [-0.39, 0.29) is 11.9 Å². The largest absolute Gasteiger partial charge is 0.366 e. The molecule has 3 rings (SSSR count). The number of morpholine rings is 1. The van der Waals surface area contributed by atoms with Gasteiger partial charge in [-0.05, 0) is 13.0 Å². The van der Waals surface area contributed by atoms with Gasteiger partial charge in [-0.15, -0.1) is 0 Å². The SMILES string of the molecule is CC(NC(=O)C1CNCCO1)c1n[nH]c2c(Cl)cccc12. The molecule has 3 N–H and O–H groups in total. The molecule has 1 aromatic carbocycles. The molecular formula is C14H17ClN4O2. The lowest BCUT2D eigenvalue weighted by molar-refractivity contribution is -0.134. The molecule has 1 aliphatic rings. The number of para-hydroxylation sites is 1. The van der Waals surface area contributed by atoms with Gasteiger partial charge < -0.3 is 15.4 Å². The van der Waals surface area contributed by atoms with Crippen molar-refractivity contribution >= 4 is 28.4 Å². The number of hydrogen-bond donors (Lipinski definition) is 3. The molecule has 1 amide bonds. The number of nitrogens with zero attached hydrogens (tertiary/aromatic N) is 1. The van der Waals surface area contributed by atoms with Gasteiger partial charge >= 0.3 is 0 Å². The highest BCUT2D eigenvalue weighted by Gasteiger charge is 2.24. The van der Waals surface area contributed by atoms with Crippen LogP contribution in [0.2, 0.25) is 5.02 Å². The van der Waals surface area contributed by atoms with Crippen LogP contribution < -0.4 is 10.6 Å². The Kier molecular flexibility index (Phi) is 4.10. The molecule has 112 valence electrons. The topological polar surface area (TPSA) is 79.0 Å². The van der Waals surface area contributed by atoms with E-state index in [9.17, 15) is 4.79 Å². The zero-order valence-electron chi connectivity index (χ0n) is 11.6. The van der Waals surface area contributed by atoms with Crippen molar-refractivity contribution in [1.29, 1.82) is 0 Å². The number of H-pyrrole nitrogens is 1. The van der Waals surface area contributed by atoms with Gasteiger partial charge in [-0.3, -0.25) is 9.89 Å². The molecular weight excluding hydrogens is 292 g/mol. The summed E-state index contributed by atoms with van der Waals surface area (Å²) in [5.41, 5.74) is 1.55. The van der Waals surface area contributed by atoms with Crippen LogP contribution in [0.15, 0.2) is 18.2 Å². The average Bonchev–Trinajstić information content (AvgIpc) is 2.93. The Morgan fingerprint density at radius 2 is 2.43 bits per heavy atom. The Morgan fingerprint density at radius 3 is 3.19 bits per heavy atom. The summed E-state index contributed by atoms with van der Waals surface area (Å²) in [6.45, 7) is 3.76. The van der Waals surface area contributed by atoms with Gasteiger partial charge in [0.15, 0.2) is 0 Å². The third-order valence-corrected chi connectivity index (χ3v) is 3.88. The van der Waals surface area contributed by atoms with Gasteiger partial charge in [0.25, 0.3) is 5.91 Å². The molecule has 0 spiro atoms. The number of aromatic nitrogens is 2. The van der Waals surface area contributed by atoms with Crippen LogP contribution in [0.3, 0.4) is 0 Å².